The fraction of sp³-hybridized carbons (Fsp3) is 0. The molecule has 4 nitrogen and oxygen atoms in total. The minimum Gasteiger partial charge on any atom is -0.870 e. The van der Waals surface area contributed by atoms with Gasteiger partial charge in [0.1, 0.15) is 0 Å². The largest absolute Gasteiger partial charge is 0.870 e. The van der Waals surface area contributed by atoms with E-state index >= 15 is 0 Å². The molecule has 90 valence electrons. The van der Waals surface area contributed by atoms with Gasteiger partial charge in [-0.25, -0.2) is 0 Å². The van der Waals surface area contributed by atoms with Crippen LogP contribution >= 0.6 is 0 Å². The van der Waals surface area contributed by atoms with E-state index < -0.39 is 0 Å². The number of rotatable bonds is 2. The second kappa shape index (κ2) is 7.27. The van der Waals surface area contributed by atoms with Crippen molar-refractivity contribution in [2.45, 2.75) is 0 Å². The Hall–Kier alpha value is -2.11. The fourth-order valence-corrected chi connectivity index (χ4v) is 1.36. The Morgan fingerprint density at radius 2 is 1.44 bits per heavy atom. The summed E-state index contributed by atoms with van der Waals surface area (Å²) in [7, 11) is 5.55. The Morgan fingerprint density at radius 1 is 0.889 bits per heavy atom. The topological polar surface area (TPSA) is 89.1 Å². The van der Waals surface area contributed by atoms with Crippen molar-refractivity contribution in [2.75, 3.05) is 5.32 Å². The smallest absolute Gasteiger partial charge is 0.870 e. The van der Waals surface area contributed by atoms with Crippen molar-refractivity contribution < 1.29 is 15.7 Å². The third-order valence-electron chi connectivity index (χ3n) is 2.20. The maximum Gasteiger partial charge on any atom is -0.870 e. The molecule has 0 aliphatic heterocycles. The van der Waals surface area contributed by atoms with Crippen LogP contribution in [-0.2, 0) is 0 Å². The Morgan fingerprint density at radius 3 is 2.00 bits per heavy atom. The van der Waals surface area contributed by atoms with E-state index in [0.717, 1.165) is 5.69 Å². The van der Waals surface area contributed by atoms with Crippen LogP contribution in [0.3, 0.4) is 0 Å². The molecule has 3 N–H and O–H groups in total. The second-order valence-corrected chi connectivity index (χ2v) is 3.44. The number of hydrogen-bond donors (Lipinski definition) is 1. The molecule has 18 heavy (non-hydrogen) atoms. The van der Waals surface area contributed by atoms with Crippen LogP contribution in [0.15, 0.2) is 54.6 Å². The van der Waals surface area contributed by atoms with Crippen LogP contribution in [0.1, 0.15) is 10.4 Å². The Kier molecular flexibility index (Phi) is 6.42. The van der Waals surface area contributed by atoms with Gasteiger partial charge in [-0.1, -0.05) is 0 Å². The number of carbonyl (C=O) groups is 1. The summed E-state index contributed by atoms with van der Waals surface area (Å²) < 4.78 is 0. The van der Waals surface area contributed by atoms with Gasteiger partial charge in [-0.3, -0.25) is 0 Å². The van der Waals surface area contributed by atoms with E-state index in [1.54, 1.807) is 24.3 Å². The van der Waals surface area contributed by atoms with Crippen LogP contribution in [-0.4, -0.2) is 24.7 Å². The molecule has 2 rings (SSSR count). The summed E-state index contributed by atoms with van der Waals surface area (Å²) in [6, 6.07) is 16.2. The third kappa shape index (κ3) is 4.05. The molecule has 0 aliphatic carbocycles. The summed E-state index contributed by atoms with van der Waals surface area (Å²) in [6.45, 7) is 0. The summed E-state index contributed by atoms with van der Waals surface area (Å²) in [4.78, 5) is 11.8. The summed E-state index contributed by atoms with van der Waals surface area (Å²) in [5.41, 5.74) is 2.03. The maximum atomic E-state index is 11.8. The van der Waals surface area contributed by atoms with Crippen molar-refractivity contribution >= 4 is 24.9 Å². The number of nitrogens with one attached hydrogen (secondary N) is 1. The number of anilines is 1. The predicted octanol–water partition coefficient (Wildman–Crippen LogP) is 1.38. The molecule has 0 radical (unpaired) electrons. The Balaban J connectivity index is 0.00000144. The monoisotopic (exact) mass is 241 g/mol. The maximum absolute atomic E-state index is 11.8. The summed E-state index contributed by atoms with van der Waals surface area (Å²) in [6.07, 6.45) is 0. The number of para-hydroxylation sites is 1. The Bertz CT molecular complexity index is 485. The van der Waals surface area contributed by atoms with Crippen LogP contribution < -0.4 is 10.8 Å². The van der Waals surface area contributed by atoms with Crippen LogP contribution in [0.2, 0.25) is 0 Å². The molecule has 0 saturated heterocycles. The average Bonchev–Trinajstić information content (AvgIpc) is 2.31. The molecule has 0 bridgehead atoms. The fourth-order valence-electron chi connectivity index (χ4n) is 1.36. The zero-order valence-corrected chi connectivity index (χ0v) is 9.58. The van der Waals surface area contributed by atoms with E-state index in [4.69, 9.17) is 7.85 Å². The average molecular weight is 241 g/mol. The van der Waals surface area contributed by atoms with E-state index in [1.165, 1.54) is 0 Å². The number of hydrogen-bond acceptors (Lipinski definition) is 3. The molecule has 0 heterocycles. The Labute approximate surface area is 107 Å². The number of amides is 1. The molecule has 0 fully saturated rings. The van der Waals surface area contributed by atoms with Crippen molar-refractivity contribution in [1.29, 1.82) is 0 Å². The molecular weight excluding hydrogens is 229 g/mol. The zero-order chi connectivity index (χ0) is 11.4. The van der Waals surface area contributed by atoms with Gasteiger partial charge < -0.3 is 11.0 Å². The first-order valence-corrected chi connectivity index (χ1v) is 4.97. The molecule has 0 spiro atoms. The molecule has 0 aromatic heterocycles. The zero-order valence-electron chi connectivity index (χ0n) is 9.58. The van der Waals surface area contributed by atoms with Gasteiger partial charge in [0, 0.05) is 0 Å². The molecule has 0 atom stereocenters. The molecule has 0 aliphatic rings. The second-order valence-electron chi connectivity index (χ2n) is 3.44. The minimum absolute atomic E-state index is 0. The predicted molar refractivity (Wildman–Crippen MR) is 70.1 cm³/mol. The standard InChI is InChI=1S/C13H10BNO.2H2O/c14-11-8-6-10(7-9-11)13(16)15-12-4-2-1-3-5-12;;/h1-9H,(H,15,16);2*1H2/q+2;;/p-2. The molecule has 2 aromatic carbocycles. The SMILES string of the molecule is [B+2]c1ccc(C(=O)Nc2ccccc2)cc1.[OH-].[OH-]. The van der Waals surface area contributed by atoms with Crippen molar-refractivity contribution in [2.24, 2.45) is 0 Å². The van der Waals surface area contributed by atoms with Crippen LogP contribution in [0.4, 0.5) is 5.69 Å². The quantitative estimate of drug-likeness (QED) is 0.805. The van der Waals surface area contributed by atoms with Gasteiger partial charge in [0.2, 0.25) is 0 Å². The molecule has 5 heteroatoms. The van der Waals surface area contributed by atoms with Gasteiger partial charge in [0.05, 0.1) is 0 Å². The van der Waals surface area contributed by atoms with Gasteiger partial charge in [-0.05, 0) is 0 Å². The number of benzene rings is 2. The third-order valence-corrected chi connectivity index (χ3v) is 2.20. The van der Waals surface area contributed by atoms with Crippen molar-refractivity contribution in [3.05, 3.63) is 60.2 Å². The van der Waals surface area contributed by atoms with Gasteiger partial charge in [-0.15, -0.1) is 0 Å². The van der Waals surface area contributed by atoms with Crippen LogP contribution in [0.5, 0.6) is 0 Å². The first-order chi connectivity index (χ1) is 7.75. The van der Waals surface area contributed by atoms with E-state index in [0.29, 0.717) is 11.0 Å². The molecule has 2 aromatic rings. The van der Waals surface area contributed by atoms with E-state index in [1.807, 2.05) is 30.3 Å². The van der Waals surface area contributed by atoms with Gasteiger partial charge in [-0.2, -0.15) is 0 Å². The van der Waals surface area contributed by atoms with E-state index in [9.17, 15) is 4.79 Å². The first-order valence-electron chi connectivity index (χ1n) is 4.97. The summed E-state index contributed by atoms with van der Waals surface area (Å²) in [5, 5.41) is 2.80. The number of carbonyl (C=O) groups excluding carboxylic acids is 1. The first kappa shape index (κ1) is 15.9. The van der Waals surface area contributed by atoms with Crippen LogP contribution in [0.25, 0.3) is 0 Å². The van der Waals surface area contributed by atoms with Crippen molar-refractivity contribution in [1.82, 2.24) is 0 Å². The van der Waals surface area contributed by atoms with E-state index in [-0.39, 0.29) is 16.9 Å². The minimum atomic E-state index is -0.133. The molecule has 1 amide bonds. The summed E-state index contributed by atoms with van der Waals surface area (Å²) in [5.74, 6) is -0.133. The normalized spacial score (nSPS) is 8.78. The van der Waals surface area contributed by atoms with Crippen molar-refractivity contribution in [3.63, 3.8) is 0 Å². The molecule has 0 unspecified atom stereocenters. The van der Waals surface area contributed by atoms with Gasteiger partial charge in [0.15, 0.2) is 0 Å². The molecular formula is C13H12BNO3. The molecule has 0 saturated carbocycles. The van der Waals surface area contributed by atoms with Crippen molar-refractivity contribution in [3.8, 4) is 0 Å². The van der Waals surface area contributed by atoms with E-state index in [2.05, 4.69) is 5.32 Å². The van der Waals surface area contributed by atoms with Gasteiger partial charge in [0.25, 0.3) is 0 Å². The summed E-state index contributed by atoms with van der Waals surface area (Å²) >= 11 is 0. The van der Waals surface area contributed by atoms with Gasteiger partial charge >= 0.3 is 95.2 Å². The van der Waals surface area contributed by atoms with Crippen LogP contribution in [0, 0.1) is 0 Å².